The molecule has 0 aliphatic rings. The maximum absolute atomic E-state index is 11.9. The second-order valence-corrected chi connectivity index (χ2v) is 6.29. The van der Waals surface area contributed by atoms with E-state index in [4.69, 9.17) is 0 Å². The van der Waals surface area contributed by atoms with Crippen LogP contribution in [0.2, 0.25) is 0 Å². The Morgan fingerprint density at radius 2 is 2.11 bits per heavy atom. The molecule has 102 valence electrons. The first-order chi connectivity index (χ1) is 9.06. The molecule has 4 nitrogen and oxygen atoms in total. The largest absolute Gasteiger partial charge is 0.355 e. The van der Waals surface area contributed by atoms with Crippen LogP contribution in [0.4, 0.5) is 0 Å². The third kappa shape index (κ3) is 3.73. The van der Waals surface area contributed by atoms with Crippen molar-refractivity contribution in [3.05, 3.63) is 24.3 Å². The molecular weight excluding hydrogens is 258 g/mol. The molecule has 1 atom stereocenters. The van der Waals surface area contributed by atoms with Gasteiger partial charge in [0.05, 0.1) is 16.3 Å². The highest BCUT2D eigenvalue weighted by Gasteiger charge is 2.16. The van der Waals surface area contributed by atoms with Crippen LogP contribution < -0.4 is 5.32 Å². The third-order valence-electron chi connectivity index (χ3n) is 2.71. The van der Waals surface area contributed by atoms with Gasteiger partial charge in [-0.3, -0.25) is 4.79 Å². The van der Waals surface area contributed by atoms with Crippen molar-refractivity contribution >= 4 is 28.7 Å². The van der Waals surface area contributed by atoms with Crippen molar-refractivity contribution in [3.63, 3.8) is 0 Å². The van der Waals surface area contributed by atoms with Crippen molar-refractivity contribution in [2.75, 3.05) is 6.54 Å². The van der Waals surface area contributed by atoms with E-state index in [-0.39, 0.29) is 11.2 Å². The second-order valence-electron chi connectivity index (χ2n) is 4.96. The average Bonchev–Trinajstić information content (AvgIpc) is 2.77. The number of aromatic nitrogens is 2. The van der Waals surface area contributed by atoms with Crippen molar-refractivity contribution in [3.8, 4) is 0 Å². The highest BCUT2D eigenvalue weighted by atomic mass is 32.2. The smallest absolute Gasteiger partial charge is 0.233 e. The topological polar surface area (TPSA) is 57.8 Å². The molecule has 0 bridgehead atoms. The molecular formula is C14H19N3OS. The summed E-state index contributed by atoms with van der Waals surface area (Å²) < 4.78 is 0. The van der Waals surface area contributed by atoms with Crippen LogP contribution in [-0.4, -0.2) is 27.7 Å². The van der Waals surface area contributed by atoms with Gasteiger partial charge in [0.15, 0.2) is 5.16 Å². The van der Waals surface area contributed by atoms with Gasteiger partial charge in [-0.1, -0.05) is 37.7 Å². The molecule has 1 heterocycles. The van der Waals surface area contributed by atoms with Gasteiger partial charge < -0.3 is 10.3 Å². The number of nitrogens with zero attached hydrogens (tertiary/aromatic N) is 1. The Bertz CT molecular complexity index is 532. The first-order valence-corrected chi connectivity index (χ1v) is 7.33. The van der Waals surface area contributed by atoms with E-state index in [1.165, 1.54) is 11.8 Å². The van der Waals surface area contributed by atoms with Crippen LogP contribution in [0.5, 0.6) is 0 Å². The molecule has 2 aromatic rings. The number of carbonyl (C=O) groups excluding carboxylic acids is 1. The zero-order chi connectivity index (χ0) is 13.8. The Morgan fingerprint density at radius 1 is 1.37 bits per heavy atom. The van der Waals surface area contributed by atoms with Gasteiger partial charge in [-0.2, -0.15) is 0 Å². The number of rotatable bonds is 5. The number of hydrogen-bond donors (Lipinski definition) is 2. The second kappa shape index (κ2) is 6.10. The number of aromatic amines is 1. The van der Waals surface area contributed by atoms with Gasteiger partial charge in [-0.25, -0.2) is 4.98 Å². The van der Waals surface area contributed by atoms with Crippen LogP contribution in [0.15, 0.2) is 29.4 Å². The summed E-state index contributed by atoms with van der Waals surface area (Å²) in [5, 5.41) is 3.57. The Hall–Kier alpha value is -1.49. The van der Waals surface area contributed by atoms with Gasteiger partial charge >= 0.3 is 0 Å². The summed E-state index contributed by atoms with van der Waals surface area (Å²) in [7, 11) is 0. The zero-order valence-corrected chi connectivity index (χ0v) is 12.3. The number of benzene rings is 1. The summed E-state index contributed by atoms with van der Waals surface area (Å²) in [4.78, 5) is 19.6. The molecule has 0 aliphatic heterocycles. The number of para-hydroxylation sites is 2. The van der Waals surface area contributed by atoms with E-state index in [0.29, 0.717) is 12.5 Å². The van der Waals surface area contributed by atoms with E-state index >= 15 is 0 Å². The molecule has 0 fully saturated rings. The summed E-state index contributed by atoms with van der Waals surface area (Å²) in [6.07, 6.45) is 0. The number of imidazole rings is 1. The number of fused-ring (bicyclic) bond motifs is 1. The van der Waals surface area contributed by atoms with Crippen molar-refractivity contribution in [1.82, 2.24) is 15.3 Å². The molecule has 2 rings (SSSR count). The van der Waals surface area contributed by atoms with Crippen LogP contribution in [0, 0.1) is 5.92 Å². The maximum Gasteiger partial charge on any atom is 0.233 e. The predicted octanol–water partition coefficient (Wildman–Crippen LogP) is 2.82. The number of hydrogen-bond acceptors (Lipinski definition) is 3. The fraction of sp³-hybridized carbons (Fsp3) is 0.429. The summed E-state index contributed by atoms with van der Waals surface area (Å²) in [6.45, 7) is 6.77. The van der Waals surface area contributed by atoms with Gasteiger partial charge in [-0.15, -0.1) is 0 Å². The Kier molecular flexibility index (Phi) is 4.47. The van der Waals surface area contributed by atoms with Gasteiger partial charge in [0, 0.05) is 6.54 Å². The molecule has 1 aromatic carbocycles. The van der Waals surface area contributed by atoms with E-state index in [2.05, 4.69) is 29.1 Å². The standard InChI is InChI=1S/C14H19N3OS/c1-9(2)8-15-13(18)10(3)19-14-16-11-6-4-5-7-12(11)17-14/h4-7,9-10H,8H2,1-3H3,(H,15,18)(H,16,17). The van der Waals surface area contributed by atoms with Crippen molar-refractivity contribution in [1.29, 1.82) is 0 Å². The van der Waals surface area contributed by atoms with Crippen molar-refractivity contribution in [2.24, 2.45) is 5.92 Å². The Balaban J connectivity index is 1.98. The molecule has 0 radical (unpaired) electrons. The normalized spacial score (nSPS) is 12.8. The van der Waals surface area contributed by atoms with Crippen LogP contribution >= 0.6 is 11.8 Å². The molecule has 1 unspecified atom stereocenters. The van der Waals surface area contributed by atoms with Crippen LogP contribution in [-0.2, 0) is 4.79 Å². The quantitative estimate of drug-likeness (QED) is 0.826. The number of carbonyl (C=O) groups is 1. The number of amides is 1. The third-order valence-corrected chi connectivity index (χ3v) is 3.69. The van der Waals surface area contributed by atoms with Gasteiger partial charge in [0.1, 0.15) is 0 Å². The predicted molar refractivity (Wildman–Crippen MR) is 79.3 cm³/mol. The highest BCUT2D eigenvalue weighted by molar-refractivity contribution is 8.00. The van der Waals surface area contributed by atoms with Crippen LogP contribution in [0.25, 0.3) is 11.0 Å². The lowest BCUT2D eigenvalue weighted by molar-refractivity contribution is -0.120. The fourth-order valence-corrected chi connectivity index (χ4v) is 2.50. The van der Waals surface area contributed by atoms with E-state index < -0.39 is 0 Å². The Morgan fingerprint density at radius 3 is 2.79 bits per heavy atom. The summed E-state index contributed by atoms with van der Waals surface area (Å²) >= 11 is 1.45. The molecule has 0 aliphatic carbocycles. The number of nitrogens with one attached hydrogen (secondary N) is 2. The lowest BCUT2D eigenvalue weighted by Crippen LogP contribution is -2.33. The van der Waals surface area contributed by atoms with Crippen LogP contribution in [0.1, 0.15) is 20.8 Å². The molecule has 5 heteroatoms. The van der Waals surface area contributed by atoms with Gasteiger partial charge in [-0.05, 0) is 25.0 Å². The minimum atomic E-state index is -0.153. The highest BCUT2D eigenvalue weighted by Crippen LogP contribution is 2.23. The molecule has 2 N–H and O–H groups in total. The van der Waals surface area contributed by atoms with Gasteiger partial charge in [0.25, 0.3) is 0 Å². The summed E-state index contributed by atoms with van der Waals surface area (Å²) in [5.74, 6) is 0.520. The monoisotopic (exact) mass is 277 g/mol. The van der Waals surface area contributed by atoms with E-state index in [0.717, 1.165) is 16.2 Å². The lowest BCUT2D eigenvalue weighted by Gasteiger charge is -2.11. The van der Waals surface area contributed by atoms with Crippen molar-refractivity contribution < 1.29 is 4.79 Å². The molecule has 0 saturated carbocycles. The molecule has 0 spiro atoms. The van der Waals surface area contributed by atoms with E-state index in [9.17, 15) is 4.79 Å². The molecule has 19 heavy (non-hydrogen) atoms. The first kappa shape index (κ1) is 13.9. The summed E-state index contributed by atoms with van der Waals surface area (Å²) in [6, 6.07) is 7.86. The average molecular weight is 277 g/mol. The van der Waals surface area contributed by atoms with Gasteiger partial charge in [0.2, 0.25) is 5.91 Å². The lowest BCUT2D eigenvalue weighted by atomic mass is 10.2. The number of H-pyrrole nitrogens is 1. The minimum absolute atomic E-state index is 0.0548. The first-order valence-electron chi connectivity index (χ1n) is 6.45. The number of thioether (sulfide) groups is 1. The summed E-state index contributed by atoms with van der Waals surface area (Å²) in [5.41, 5.74) is 1.93. The van der Waals surface area contributed by atoms with E-state index in [1.54, 1.807) is 0 Å². The van der Waals surface area contributed by atoms with Crippen LogP contribution in [0.3, 0.4) is 0 Å². The van der Waals surface area contributed by atoms with Crippen molar-refractivity contribution in [2.45, 2.75) is 31.2 Å². The molecule has 1 amide bonds. The van der Waals surface area contributed by atoms with E-state index in [1.807, 2.05) is 31.2 Å². The minimum Gasteiger partial charge on any atom is -0.355 e. The molecule has 0 saturated heterocycles. The SMILES string of the molecule is CC(C)CNC(=O)C(C)Sc1nc2ccccc2[nH]1. The molecule has 1 aromatic heterocycles. The maximum atomic E-state index is 11.9. The Labute approximate surface area is 117 Å². The fourth-order valence-electron chi connectivity index (χ4n) is 1.65. The zero-order valence-electron chi connectivity index (χ0n) is 11.4.